The lowest BCUT2D eigenvalue weighted by Gasteiger charge is -2.18. The number of anilines is 1. The van der Waals surface area contributed by atoms with Gasteiger partial charge in [0.25, 0.3) is 0 Å². The van der Waals surface area contributed by atoms with E-state index in [4.69, 9.17) is 0 Å². The topological polar surface area (TPSA) is 3.24 Å². The molecule has 82 valence electrons. The number of fused-ring (bicyclic) bond motifs is 1. The Bertz CT molecular complexity index is 506. The molecule has 1 aromatic heterocycles. The van der Waals surface area contributed by atoms with Crippen LogP contribution in [0.1, 0.15) is 10.4 Å². The summed E-state index contributed by atoms with van der Waals surface area (Å²) in [6.07, 6.45) is 1.18. The molecule has 0 unspecified atom stereocenters. The van der Waals surface area contributed by atoms with Gasteiger partial charge in [0.15, 0.2) is 0 Å². The second-order valence-electron chi connectivity index (χ2n) is 3.99. The number of nitrogens with zero attached hydrogens (tertiary/aromatic N) is 1. The third-order valence-corrected chi connectivity index (χ3v) is 4.92. The molecule has 3 rings (SSSR count). The molecule has 0 saturated carbocycles. The van der Waals surface area contributed by atoms with Crippen LogP contribution in [0.2, 0.25) is 0 Å². The molecule has 0 bridgehead atoms. The molecule has 1 aliphatic heterocycles. The maximum atomic E-state index is 3.60. The zero-order chi connectivity index (χ0) is 11.0. The summed E-state index contributed by atoms with van der Waals surface area (Å²) in [6, 6.07) is 10.8. The number of halogens is 1. The molecule has 3 heteroatoms. The fraction of sp³-hybridized carbons (Fsp3) is 0.231. The predicted octanol–water partition coefficient (Wildman–Crippen LogP) is 4.07. The van der Waals surface area contributed by atoms with E-state index >= 15 is 0 Å². The Balaban J connectivity index is 1.86. The number of thiophene rings is 1. The summed E-state index contributed by atoms with van der Waals surface area (Å²) in [6.45, 7) is 2.17. The fourth-order valence-corrected chi connectivity index (χ4v) is 3.67. The molecule has 2 aromatic rings. The Morgan fingerprint density at radius 1 is 1.25 bits per heavy atom. The second kappa shape index (κ2) is 4.22. The van der Waals surface area contributed by atoms with E-state index in [0.29, 0.717) is 0 Å². The number of hydrogen-bond acceptors (Lipinski definition) is 2. The van der Waals surface area contributed by atoms with Crippen molar-refractivity contribution in [3.05, 3.63) is 50.6 Å². The van der Waals surface area contributed by atoms with Crippen LogP contribution < -0.4 is 4.90 Å². The first-order valence-electron chi connectivity index (χ1n) is 5.39. The number of para-hydroxylation sites is 1. The van der Waals surface area contributed by atoms with Gasteiger partial charge in [-0.3, -0.25) is 0 Å². The number of rotatable bonds is 2. The van der Waals surface area contributed by atoms with Crippen molar-refractivity contribution in [2.24, 2.45) is 0 Å². The van der Waals surface area contributed by atoms with Gasteiger partial charge in [0.2, 0.25) is 0 Å². The highest BCUT2D eigenvalue weighted by Gasteiger charge is 2.19. The summed E-state index contributed by atoms with van der Waals surface area (Å²) in [4.78, 5) is 3.88. The van der Waals surface area contributed by atoms with E-state index in [0.717, 1.165) is 13.1 Å². The summed E-state index contributed by atoms with van der Waals surface area (Å²) in [5, 5.41) is 2.14. The van der Waals surface area contributed by atoms with Gasteiger partial charge < -0.3 is 4.90 Å². The van der Waals surface area contributed by atoms with E-state index in [1.165, 1.54) is 27.0 Å². The van der Waals surface area contributed by atoms with Crippen LogP contribution in [0.25, 0.3) is 0 Å². The van der Waals surface area contributed by atoms with Crippen LogP contribution >= 0.6 is 27.3 Å². The molecular formula is C13H12BrNS. The first-order valence-corrected chi connectivity index (χ1v) is 7.06. The Hall–Kier alpha value is -0.800. The van der Waals surface area contributed by atoms with Crippen LogP contribution in [0.4, 0.5) is 5.69 Å². The van der Waals surface area contributed by atoms with Crippen molar-refractivity contribution in [1.29, 1.82) is 0 Å². The first kappa shape index (κ1) is 10.4. The van der Waals surface area contributed by atoms with E-state index in [2.05, 4.69) is 56.5 Å². The van der Waals surface area contributed by atoms with Crippen LogP contribution in [0.3, 0.4) is 0 Å². The standard InChI is InChI=1S/C13H12BrNS/c14-11-6-8-16-13(11)9-15-7-5-10-3-1-2-4-12(10)15/h1-4,6,8H,5,7,9H2. The summed E-state index contributed by atoms with van der Waals surface area (Å²) in [7, 11) is 0. The first-order chi connectivity index (χ1) is 7.84. The molecule has 0 atom stereocenters. The van der Waals surface area contributed by atoms with Crippen molar-refractivity contribution >= 4 is 33.0 Å². The molecule has 0 saturated heterocycles. The van der Waals surface area contributed by atoms with Crippen molar-refractivity contribution in [2.75, 3.05) is 11.4 Å². The lowest BCUT2D eigenvalue weighted by molar-refractivity contribution is 0.844. The smallest absolute Gasteiger partial charge is 0.0534 e. The zero-order valence-electron chi connectivity index (χ0n) is 8.82. The third kappa shape index (κ3) is 1.78. The predicted molar refractivity (Wildman–Crippen MR) is 73.2 cm³/mol. The minimum absolute atomic E-state index is 1.02. The molecule has 16 heavy (non-hydrogen) atoms. The Morgan fingerprint density at radius 3 is 2.94 bits per heavy atom. The maximum Gasteiger partial charge on any atom is 0.0534 e. The monoisotopic (exact) mass is 293 g/mol. The van der Waals surface area contributed by atoms with Crippen molar-refractivity contribution in [2.45, 2.75) is 13.0 Å². The quantitative estimate of drug-likeness (QED) is 0.807. The van der Waals surface area contributed by atoms with Crippen molar-refractivity contribution in [1.82, 2.24) is 0 Å². The normalized spacial score (nSPS) is 14.2. The average Bonchev–Trinajstić information content (AvgIpc) is 2.88. The molecule has 0 spiro atoms. The second-order valence-corrected chi connectivity index (χ2v) is 5.85. The van der Waals surface area contributed by atoms with E-state index < -0.39 is 0 Å². The van der Waals surface area contributed by atoms with Crippen LogP contribution in [-0.4, -0.2) is 6.54 Å². The average molecular weight is 294 g/mol. The maximum absolute atomic E-state index is 3.60. The molecular weight excluding hydrogens is 282 g/mol. The Labute approximate surface area is 108 Å². The SMILES string of the molecule is Brc1ccsc1CN1CCc2ccccc21. The van der Waals surface area contributed by atoms with Gasteiger partial charge in [0, 0.05) is 21.6 Å². The highest BCUT2D eigenvalue weighted by molar-refractivity contribution is 9.10. The van der Waals surface area contributed by atoms with Gasteiger partial charge in [-0.05, 0) is 45.4 Å². The Kier molecular flexibility index (Phi) is 2.74. The Morgan fingerprint density at radius 2 is 2.12 bits per heavy atom. The fourth-order valence-electron chi connectivity index (χ4n) is 2.18. The van der Waals surface area contributed by atoms with Crippen LogP contribution in [0.5, 0.6) is 0 Å². The molecule has 2 heterocycles. The van der Waals surface area contributed by atoms with Crippen LogP contribution in [-0.2, 0) is 13.0 Å². The van der Waals surface area contributed by atoms with Gasteiger partial charge in [0.05, 0.1) is 6.54 Å². The van der Waals surface area contributed by atoms with Gasteiger partial charge in [-0.25, -0.2) is 0 Å². The largest absolute Gasteiger partial charge is 0.366 e. The number of hydrogen-bond donors (Lipinski definition) is 0. The lowest BCUT2D eigenvalue weighted by atomic mass is 10.2. The van der Waals surface area contributed by atoms with E-state index in [-0.39, 0.29) is 0 Å². The lowest BCUT2D eigenvalue weighted by Crippen LogP contribution is -2.19. The minimum atomic E-state index is 1.02. The highest BCUT2D eigenvalue weighted by atomic mass is 79.9. The van der Waals surface area contributed by atoms with Gasteiger partial charge in [-0.15, -0.1) is 11.3 Å². The molecule has 0 fully saturated rings. The molecule has 0 radical (unpaired) electrons. The van der Waals surface area contributed by atoms with Gasteiger partial charge in [0.1, 0.15) is 0 Å². The summed E-state index contributed by atoms with van der Waals surface area (Å²) >= 11 is 5.42. The summed E-state index contributed by atoms with van der Waals surface area (Å²) < 4.78 is 1.24. The van der Waals surface area contributed by atoms with Crippen molar-refractivity contribution in [3.63, 3.8) is 0 Å². The van der Waals surface area contributed by atoms with Gasteiger partial charge >= 0.3 is 0 Å². The van der Waals surface area contributed by atoms with E-state index in [1.807, 2.05) is 11.3 Å². The van der Waals surface area contributed by atoms with E-state index in [9.17, 15) is 0 Å². The van der Waals surface area contributed by atoms with Crippen molar-refractivity contribution in [3.8, 4) is 0 Å². The highest BCUT2D eigenvalue weighted by Crippen LogP contribution is 2.31. The summed E-state index contributed by atoms with van der Waals surface area (Å²) in [5.41, 5.74) is 2.89. The van der Waals surface area contributed by atoms with Crippen LogP contribution in [0, 0.1) is 0 Å². The molecule has 1 nitrogen and oxygen atoms in total. The van der Waals surface area contributed by atoms with Gasteiger partial charge in [-0.2, -0.15) is 0 Å². The molecule has 1 aliphatic rings. The minimum Gasteiger partial charge on any atom is -0.366 e. The molecule has 0 N–H and O–H groups in total. The summed E-state index contributed by atoms with van der Waals surface area (Å²) in [5.74, 6) is 0. The molecule has 0 aliphatic carbocycles. The number of benzene rings is 1. The third-order valence-electron chi connectivity index (χ3n) is 3.01. The van der Waals surface area contributed by atoms with Crippen molar-refractivity contribution < 1.29 is 0 Å². The van der Waals surface area contributed by atoms with Crippen LogP contribution in [0.15, 0.2) is 40.2 Å². The van der Waals surface area contributed by atoms with Gasteiger partial charge in [-0.1, -0.05) is 18.2 Å². The molecule has 0 amide bonds. The van der Waals surface area contributed by atoms with E-state index in [1.54, 1.807) is 0 Å². The molecule has 1 aromatic carbocycles. The zero-order valence-corrected chi connectivity index (χ0v) is 11.2.